The number of carbonyl (C=O) groups is 2. The molecular weight excluding hydrogens is 318 g/mol. The molecule has 0 aliphatic carbocycles. The summed E-state index contributed by atoms with van der Waals surface area (Å²) in [5, 5.41) is 12.0. The standard InChI is InChI=1S/C20H23NO4/c1-3-6-17(16-7-4-5-8-18(16)25-2)21-19(22)13-14-9-11-15(12-10-14)20(23)24/h4-5,7-12,17H,3,6,13H2,1-2H3,(H,21,22)(H,23,24). The van der Waals surface area contributed by atoms with E-state index in [1.54, 1.807) is 19.2 Å². The van der Waals surface area contributed by atoms with Crippen LogP contribution in [0.4, 0.5) is 0 Å². The van der Waals surface area contributed by atoms with Gasteiger partial charge in [-0.05, 0) is 30.2 Å². The van der Waals surface area contributed by atoms with E-state index in [9.17, 15) is 9.59 Å². The molecule has 0 saturated carbocycles. The molecule has 2 aromatic rings. The topological polar surface area (TPSA) is 75.6 Å². The third kappa shape index (κ3) is 5.08. The fourth-order valence-electron chi connectivity index (χ4n) is 2.74. The lowest BCUT2D eigenvalue weighted by Gasteiger charge is -2.21. The molecule has 2 rings (SSSR count). The number of carboxylic acid groups (broad SMARTS) is 1. The van der Waals surface area contributed by atoms with Crippen LogP contribution in [0.1, 0.15) is 47.3 Å². The number of ether oxygens (including phenoxy) is 1. The number of carboxylic acids is 1. The van der Waals surface area contributed by atoms with Crippen LogP contribution in [-0.4, -0.2) is 24.1 Å². The molecule has 0 bridgehead atoms. The summed E-state index contributed by atoms with van der Waals surface area (Å²) in [5.74, 6) is -0.324. The molecule has 0 aliphatic rings. The molecule has 25 heavy (non-hydrogen) atoms. The molecule has 2 N–H and O–H groups in total. The van der Waals surface area contributed by atoms with Crippen LogP contribution in [0.5, 0.6) is 5.75 Å². The number of amides is 1. The molecule has 0 heterocycles. The summed E-state index contributed by atoms with van der Waals surface area (Å²) < 4.78 is 5.40. The Hall–Kier alpha value is -2.82. The van der Waals surface area contributed by atoms with Gasteiger partial charge in [0.15, 0.2) is 0 Å². The Morgan fingerprint density at radius 1 is 1.12 bits per heavy atom. The Labute approximate surface area is 147 Å². The Kier molecular flexibility index (Phi) is 6.57. The van der Waals surface area contributed by atoms with E-state index in [1.807, 2.05) is 24.3 Å². The number of rotatable bonds is 8. The first-order valence-electron chi connectivity index (χ1n) is 8.29. The van der Waals surface area contributed by atoms with Crippen LogP contribution >= 0.6 is 0 Å². The van der Waals surface area contributed by atoms with Gasteiger partial charge in [-0.15, -0.1) is 0 Å². The third-order valence-corrected chi connectivity index (χ3v) is 3.99. The summed E-state index contributed by atoms with van der Waals surface area (Å²) in [6.07, 6.45) is 1.94. The van der Waals surface area contributed by atoms with Gasteiger partial charge in [0.05, 0.1) is 25.1 Å². The molecule has 2 aromatic carbocycles. The quantitative estimate of drug-likeness (QED) is 0.769. The van der Waals surface area contributed by atoms with E-state index in [2.05, 4.69) is 12.2 Å². The molecule has 0 aromatic heterocycles. The highest BCUT2D eigenvalue weighted by Crippen LogP contribution is 2.27. The van der Waals surface area contributed by atoms with Crippen LogP contribution in [0.2, 0.25) is 0 Å². The predicted molar refractivity (Wildman–Crippen MR) is 95.9 cm³/mol. The predicted octanol–water partition coefficient (Wildman–Crippen LogP) is 3.59. The maximum absolute atomic E-state index is 12.4. The van der Waals surface area contributed by atoms with Gasteiger partial charge >= 0.3 is 5.97 Å². The molecule has 1 unspecified atom stereocenters. The molecule has 0 radical (unpaired) electrons. The van der Waals surface area contributed by atoms with Gasteiger partial charge in [-0.25, -0.2) is 4.79 Å². The molecule has 1 amide bonds. The Bertz CT molecular complexity index is 725. The van der Waals surface area contributed by atoms with E-state index in [-0.39, 0.29) is 23.9 Å². The summed E-state index contributed by atoms with van der Waals surface area (Å²) in [5.41, 5.74) is 1.95. The van der Waals surface area contributed by atoms with Gasteiger partial charge < -0.3 is 15.2 Å². The first kappa shape index (κ1) is 18.5. The molecule has 0 fully saturated rings. The van der Waals surface area contributed by atoms with E-state index in [0.717, 1.165) is 29.7 Å². The molecule has 0 aliphatic heterocycles. The number of benzene rings is 2. The van der Waals surface area contributed by atoms with Gasteiger partial charge in [-0.3, -0.25) is 4.79 Å². The van der Waals surface area contributed by atoms with E-state index < -0.39 is 5.97 Å². The van der Waals surface area contributed by atoms with Gasteiger partial charge in [0.2, 0.25) is 5.91 Å². The van der Waals surface area contributed by atoms with E-state index in [4.69, 9.17) is 9.84 Å². The zero-order chi connectivity index (χ0) is 18.2. The maximum Gasteiger partial charge on any atom is 0.335 e. The lowest BCUT2D eigenvalue weighted by atomic mass is 10.0. The van der Waals surface area contributed by atoms with Crippen molar-refractivity contribution in [3.63, 3.8) is 0 Å². The van der Waals surface area contributed by atoms with Crippen molar-refractivity contribution >= 4 is 11.9 Å². The highest BCUT2D eigenvalue weighted by Gasteiger charge is 2.17. The van der Waals surface area contributed by atoms with E-state index >= 15 is 0 Å². The number of methoxy groups -OCH3 is 1. The number of nitrogens with one attached hydrogen (secondary N) is 1. The highest BCUT2D eigenvalue weighted by atomic mass is 16.5. The molecule has 0 saturated heterocycles. The van der Waals surface area contributed by atoms with Gasteiger partial charge in [0.25, 0.3) is 0 Å². The Morgan fingerprint density at radius 3 is 2.40 bits per heavy atom. The summed E-state index contributed by atoms with van der Waals surface area (Å²) >= 11 is 0. The molecular formula is C20H23NO4. The van der Waals surface area contributed by atoms with Crippen LogP contribution in [-0.2, 0) is 11.2 Å². The fraction of sp³-hybridized carbons (Fsp3) is 0.300. The molecule has 5 heteroatoms. The second-order valence-electron chi connectivity index (χ2n) is 5.83. The monoisotopic (exact) mass is 341 g/mol. The second kappa shape index (κ2) is 8.87. The number of para-hydroxylation sites is 1. The number of hydrogen-bond donors (Lipinski definition) is 2. The summed E-state index contributed by atoms with van der Waals surface area (Å²) in [6.45, 7) is 2.07. The average molecular weight is 341 g/mol. The summed E-state index contributed by atoms with van der Waals surface area (Å²) in [7, 11) is 1.62. The van der Waals surface area contributed by atoms with Crippen molar-refractivity contribution in [1.29, 1.82) is 0 Å². The van der Waals surface area contributed by atoms with Crippen LogP contribution < -0.4 is 10.1 Å². The molecule has 1 atom stereocenters. The first-order chi connectivity index (χ1) is 12.0. The zero-order valence-corrected chi connectivity index (χ0v) is 14.5. The van der Waals surface area contributed by atoms with Gasteiger partial charge in [-0.1, -0.05) is 43.7 Å². The Balaban J connectivity index is 2.08. The van der Waals surface area contributed by atoms with Crippen LogP contribution in [0, 0.1) is 0 Å². The van der Waals surface area contributed by atoms with Crippen molar-refractivity contribution in [2.45, 2.75) is 32.2 Å². The average Bonchev–Trinajstić information content (AvgIpc) is 2.61. The van der Waals surface area contributed by atoms with E-state index in [1.165, 1.54) is 12.1 Å². The smallest absolute Gasteiger partial charge is 0.335 e. The largest absolute Gasteiger partial charge is 0.496 e. The van der Waals surface area contributed by atoms with Crippen molar-refractivity contribution in [3.05, 3.63) is 65.2 Å². The van der Waals surface area contributed by atoms with Crippen LogP contribution in [0.3, 0.4) is 0 Å². The Morgan fingerprint density at radius 2 is 1.80 bits per heavy atom. The third-order valence-electron chi connectivity index (χ3n) is 3.99. The number of aromatic carboxylic acids is 1. The van der Waals surface area contributed by atoms with Crippen molar-refractivity contribution < 1.29 is 19.4 Å². The van der Waals surface area contributed by atoms with Crippen LogP contribution in [0.15, 0.2) is 48.5 Å². The van der Waals surface area contributed by atoms with Crippen molar-refractivity contribution in [2.75, 3.05) is 7.11 Å². The SMILES string of the molecule is CCCC(NC(=O)Cc1ccc(C(=O)O)cc1)c1ccccc1OC. The lowest BCUT2D eigenvalue weighted by Crippen LogP contribution is -2.30. The second-order valence-corrected chi connectivity index (χ2v) is 5.83. The zero-order valence-electron chi connectivity index (χ0n) is 14.5. The molecule has 0 spiro atoms. The molecule has 132 valence electrons. The van der Waals surface area contributed by atoms with Gasteiger partial charge in [0.1, 0.15) is 5.75 Å². The molecule has 5 nitrogen and oxygen atoms in total. The minimum atomic E-state index is -0.977. The van der Waals surface area contributed by atoms with E-state index in [0.29, 0.717) is 0 Å². The maximum atomic E-state index is 12.4. The minimum Gasteiger partial charge on any atom is -0.496 e. The van der Waals surface area contributed by atoms with Crippen molar-refractivity contribution in [3.8, 4) is 5.75 Å². The fourth-order valence-corrected chi connectivity index (χ4v) is 2.74. The lowest BCUT2D eigenvalue weighted by molar-refractivity contribution is -0.121. The summed E-state index contributed by atoms with van der Waals surface area (Å²) in [4.78, 5) is 23.3. The van der Waals surface area contributed by atoms with Crippen molar-refractivity contribution in [2.24, 2.45) is 0 Å². The highest BCUT2D eigenvalue weighted by molar-refractivity contribution is 5.87. The number of hydrogen-bond acceptors (Lipinski definition) is 3. The number of carbonyl (C=O) groups excluding carboxylic acids is 1. The minimum absolute atomic E-state index is 0.104. The normalized spacial score (nSPS) is 11.6. The summed E-state index contributed by atoms with van der Waals surface area (Å²) in [6, 6.07) is 13.9. The van der Waals surface area contributed by atoms with Crippen molar-refractivity contribution in [1.82, 2.24) is 5.32 Å². The van der Waals surface area contributed by atoms with Gasteiger partial charge in [-0.2, -0.15) is 0 Å². The van der Waals surface area contributed by atoms with Crippen LogP contribution in [0.25, 0.3) is 0 Å². The first-order valence-corrected chi connectivity index (χ1v) is 8.29. The van der Waals surface area contributed by atoms with Gasteiger partial charge in [0, 0.05) is 5.56 Å².